The van der Waals surface area contributed by atoms with Crippen LogP contribution in [-0.4, -0.2) is 41.1 Å². The van der Waals surface area contributed by atoms with E-state index in [1.54, 1.807) is 36.4 Å². The third-order valence-corrected chi connectivity index (χ3v) is 4.40. The summed E-state index contributed by atoms with van der Waals surface area (Å²) in [6.07, 6.45) is 0. The summed E-state index contributed by atoms with van der Waals surface area (Å²) < 4.78 is 5.17. The summed E-state index contributed by atoms with van der Waals surface area (Å²) in [6, 6.07) is 10.4. The Morgan fingerprint density at radius 2 is 1.88 bits per heavy atom. The monoisotopic (exact) mass is 327 g/mol. The second-order valence-electron chi connectivity index (χ2n) is 5.69. The first kappa shape index (κ1) is 15.9. The predicted octanol–water partition coefficient (Wildman–Crippen LogP) is 2.40. The van der Waals surface area contributed by atoms with Gasteiger partial charge in [0.05, 0.1) is 13.2 Å². The number of hydrogen-bond donors (Lipinski definition) is 2. The zero-order valence-corrected chi connectivity index (χ0v) is 13.3. The number of likely N-dealkylation sites (N-methyl/N-ethyl adjacent to an activating group) is 1. The molecule has 2 aromatic rings. The van der Waals surface area contributed by atoms with Crippen molar-refractivity contribution >= 4 is 11.9 Å². The summed E-state index contributed by atoms with van der Waals surface area (Å²) >= 11 is 0. The fourth-order valence-electron chi connectivity index (χ4n) is 3.23. The van der Waals surface area contributed by atoms with E-state index in [-0.39, 0.29) is 11.7 Å². The molecule has 0 saturated heterocycles. The fraction of sp³-hybridized carbons (Fsp3) is 0.222. The molecule has 1 aliphatic heterocycles. The lowest BCUT2D eigenvalue weighted by atomic mass is 9.80. The number of ether oxygens (including phenoxy) is 1. The molecule has 0 fully saturated rings. The third kappa shape index (κ3) is 2.36. The van der Waals surface area contributed by atoms with E-state index in [9.17, 15) is 19.8 Å². The largest absolute Gasteiger partial charge is 0.508 e. The van der Waals surface area contributed by atoms with Crippen LogP contribution in [0.5, 0.6) is 11.5 Å². The second-order valence-corrected chi connectivity index (χ2v) is 5.69. The average molecular weight is 327 g/mol. The molecule has 2 atom stereocenters. The second kappa shape index (κ2) is 5.88. The number of aliphatic carboxylic acids is 1. The van der Waals surface area contributed by atoms with Crippen LogP contribution in [-0.2, 0) is 4.79 Å². The van der Waals surface area contributed by atoms with Crippen molar-refractivity contribution in [3.8, 4) is 11.5 Å². The lowest BCUT2D eigenvalue weighted by Gasteiger charge is -2.38. The maximum absolute atomic E-state index is 12.7. The Bertz CT molecular complexity index is 817. The Hall–Kier alpha value is -3.02. The maximum atomic E-state index is 12.7. The normalized spacial score (nSPS) is 19.8. The molecule has 0 bridgehead atoms. The van der Waals surface area contributed by atoms with E-state index < -0.39 is 17.9 Å². The molecule has 0 aromatic heterocycles. The average Bonchev–Trinajstić information content (AvgIpc) is 2.58. The molecule has 2 aromatic carbocycles. The zero-order chi connectivity index (χ0) is 17.4. The van der Waals surface area contributed by atoms with Crippen LogP contribution in [0.4, 0.5) is 0 Å². The van der Waals surface area contributed by atoms with Crippen molar-refractivity contribution in [1.82, 2.24) is 4.90 Å². The first-order chi connectivity index (χ1) is 11.5. The van der Waals surface area contributed by atoms with Gasteiger partial charge in [0.25, 0.3) is 5.91 Å². The third-order valence-electron chi connectivity index (χ3n) is 4.40. The van der Waals surface area contributed by atoms with Gasteiger partial charge in [-0.1, -0.05) is 18.2 Å². The number of hydrogen-bond acceptors (Lipinski definition) is 4. The number of carbonyl (C=O) groups excluding carboxylic acids is 1. The van der Waals surface area contributed by atoms with E-state index in [2.05, 4.69) is 0 Å². The Morgan fingerprint density at radius 1 is 1.17 bits per heavy atom. The Labute approximate surface area is 138 Å². The van der Waals surface area contributed by atoms with Crippen LogP contribution in [0.15, 0.2) is 42.5 Å². The first-order valence-corrected chi connectivity index (χ1v) is 7.41. The topological polar surface area (TPSA) is 87.1 Å². The Kier molecular flexibility index (Phi) is 3.89. The SMILES string of the molecule is COc1ccc(O)c(C2C(C(=O)O)c3ccccc3C(=O)N2C)c1. The van der Waals surface area contributed by atoms with E-state index in [0.29, 0.717) is 22.4 Å². The van der Waals surface area contributed by atoms with E-state index in [0.717, 1.165) is 0 Å². The summed E-state index contributed by atoms with van der Waals surface area (Å²) in [5, 5.41) is 20.0. The molecule has 0 aliphatic carbocycles. The molecule has 2 unspecified atom stereocenters. The highest BCUT2D eigenvalue weighted by Crippen LogP contribution is 2.45. The van der Waals surface area contributed by atoms with Crippen LogP contribution in [0, 0.1) is 0 Å². The molecule has 1 heterocycles. The van der Waals surface area contributed by atoms with Gasteiger partial charge >= 0.3 is 5.97 Å². The van der Waals surface area contributed by atoms with Crippen molar-refractivity contribution in [1.29, 1.82) is 0 Å². The molecule has 0 saturated carbocycles. The summed E-state index contributed by atoms with van der Waals surface area (Å²) in [7, 11) is 3.02. The molecule has 124 valence electrons. The van der Waals surface area contributed by atoms with Gasteiger partial charge in [-0.15, -0.1) is 0 Å². The number of nitrogens with zero attached hydrogens (tertiary/aromatic N) is 1. The van der Waals surface area contributed by atoms with Crippen LogP contribution < -0.4 is 4.74 Å². The Balaban J connectivity index is 2.23. The highest BCUT2D eigenvalue weighted by atomic mass is 16.5. The van der Waals surface area contributed by atoms with Gasteiger partial charge < -0.3 is 19.8 Å². The molecule has 3 rings (SSSR count). The highest BCUT2D eigenvalue weighted by molar-refractivity contribution is 6.00. The van der Waals surface area contributed by atoms with Gasteiger partial charge in [0.1, 0.15) is 17.4 Å². The van der Waals surface area contributed by atoms with E-state index in [1.165, 1.54) is 25.1 Å². The minimum Gasteiger partial charge on any atom is -0.508 e. The van der Waals surface area contributed by atoms with Crippen molar-refractivity contribution in [2.75, 3.05) is 14.2 Å². The quantitative estimate of drug-likeness (QED) is 0.904. The van der Waals surface area contributed by atoms with Crippen molar-refractivity contribution in [3.63, 3.8) is 0 Å². The van der Waals surface area contributed by atoms with Gasteiger partial charge in [0.15, 0.2) is 0 Å². The lowest BCUT2D eigenvalue weighted by molar-refractivity contribution is -0.140. The molecule has 6 heteroatoms. The van der Waals surface area contributed by atoms with Crippen LogP contribution in [0.1, 0.15) is 33.4 Å². The van der Waals surface area contributed by atoms with Crippen LogP contribution in [0.3, 0.4) is 0 Å². The van der Waals surface area contributed by atoms with Gasteiger partial charge in [0, 0.05) is 18.2 Å². The van der Waals surface area contributed by atoms with E-state index in [1.807, 2.05) is 0 Å². The number of phenolic OH excluding ortho intramolecular Hbond substituents is 1. The van der Waals surface area contributed by atoms with Gasteiger partial charge in [0.2, 0.25) is 0 Å². The zero-order valence-electron chi connectivity index (χ0n) is 13.3. The number of fused-ring (bicyclic) bond motifs is 1. The number of benzene rings is 2. The highest BCUT2D eigenvalue weighted by Gasteiger charge is 2.43. The number of methoxy groups -OCH3 is 1. The van der Waals surface area contributed by atoms with Crippen molar-refractivity contribution in [3.05, 3.63) is 59.2 Å². The van der Waals surface area contributed by atoms with Crippen LogP contribution in [0.25, 0.3) is 0 Å². The summed E-state index contributed by atoms with van der Waals surface area (Å²) in [6.45, 7) is 0. The number of phenols is 1. The summed E-state index contributed by atoms with van der Waals surface area (Å²) in [4.78, 5) is 26.0. The number of carbonyl (C=O) groups is 2. The molecule has 1 aliphatic rings. The van der Waals surface area contributed by atoms with Crippen molar-refractivity contribution < 1.29 is 24.5 Å². The van der Waals surface area contributed by atoms with Crippen molar-refractivity contribution in [2.24, 2.45) is 0 Å². The smallest absolute Gasteiger partial charge is 0.313 e. The summed E-state index contributed by atoms with van der Waals surface area (Å²) in [5.74, 6) is -1.93. The number of carboxylic acid groups (broad SMARTS) is 1. The molecular formula is C18H17NO5. The van der Waals surface area contributed by atoms with Crippen LogP contribution in [0.2, 0.25) is 0 Å². The molecule has 1 amide bonds. The molecule has 6 nitrogen and oxygen atoms in total. The lowest BCUT2D eigenvalue weighted by Crippen LogP contribution is -2.42. The molecule has 24 heavy (non-hydrogen) atoms. The number of amides is 1. The maximum Gasteiger partial charge on any atom is 0.313 e. The minimum atomic E-state index is -1.06. The number of aromatic hydroxyl groups is 1. The molecule has 2 N–H and O–H groups in total. The van der Waals surface area contributed by atoms with E-state index in [4.69, 9.17) is 4.74 Å². The summed E-state index contributed by atoms with van der Waals surface area (Å²) in [5.41, 5.74) is 1.15. The first-order valence-electron chi connectivity index (χ1n) is 7.41. The fourth-order valence-corrected chi connectivity index (χ4v) is 3.23. The standard InChI is InChI=1S/C18H17NO5/c1-19-16(13-9-10(24-2)7-8-14(13)20)15(18(22)23)11-5-3-4-6-12(11)17(19)21/h3-9,15-16,20H,1-2H3,(H,22,23). The molecular weight excluding hydrogens is 310 g/mol. The van der Waals surface area contributed by atoms with Gasteiger partial charge in [-0.25, -0.2) is 0 Å². The van der Waals surface area contributed by atoms with Gasteiger partial charge in [-0.2, -0.15) is 0 Å². The number of carboxylic acids is 1. The minimum absolute atomic E-state index is 0.0777. The predicted molar refractivity (Wildman–Crippen MR) is 86.3 cm³/mol. The molecule has 0 spiro atoms. The Morgan fingerprint density at radius 3 is 2.54 bits per heavy atom. The van der Waals surface area contributed by atoms with Gasteiger partial charge in [-0.05, 0) is 29.8 Å². The van der Waals surface area contributed by atoms with Crippen molar-refractivity contribution in [2.45, 2.75) is 12.0 Å². The molecule has 0 radical (unpaired) electrons. The number of rotatable bonds is 3. The van der Waals surface area contributed by atoms with Crippen LogP contribution >= 0.6 is 0 Å². The van der Waals surface area contributed by atoms with Gasteiger partial charge in [-0.3, -0.25) is 9.59 Å². The van der Waals surface area contributed by atoms with E-state index >= 15 is 0 Å².